The van der Waals surface area contributed by atoms with Crippen molar-refractivity contribution in [2.45, 2.75) is 44.6 Å². The van der Waals surface area contributed by atoms with E-state index in [0.717, 1.165) is 46.4 Å². The van der Waals surface area contributed by atoms with Crippen molar-refractivity contribution in [3.05, 3.63) is 82.5 Å². The average molecular weight is 504 g/mol. The van der Waals surface area contributed by atoms with Crippen LogP contribution in [0.25, 0.3) is 0 Å². The molecule has 0 radical (unpaired) electrons. The SMILES string of the molecule is CC(=O)N1CCN(c2nc(SCc3ccc(C(=O)NC(C)c4ccccc4)cc3)nc(C)c2C)CC1. The van der Waals surface area contributed by atoms with E-state index in [2.05, 4.69) is 17.1 Å². The van der Waals surface area contributed by atoms with Crippen LogP contribution in [0.15, 0.2) is 59.8 Å². The summed E-state index contributed by atoms with van der Waals surface area (Å²) in [5.41, 5.74) is 4.87. The van der Waals surface area contributed by atoms with E-state index in [-0.39, 0.29) is 17.9 Å². The molecule has 1 unspecified atom stereocenters. The molecule has 2 amide bonds. The van der Waals surface area contributed by atoms with Gasteiger partial charge in [-0.3, -0.25) is 9.59 Å². The second-order valence-corrected chi connectivity index (χ2v) is 10.1. The molecule has 1 aliphatic rings. The van der Waals surface area contributed by atoms with E-state index in [0.29, 0.717) is 24.4 Å². The molecule has 2 aromatic carbocycles. The van der Waals surface area contributed by atoms with E-state index in [1.807, 2.05) is 73.3 Å². The first-order valence-electron chi connectivity index (χ1n) is 12.2. The monoisotopic (exact) mass is 503 g/mol. The number of hydrogen-bond donors (Lipinski definition) is 1. The van der Waals surface area contributed by atoms with Crippen LogP contribution in [0.1, 0.15) is 52.6 Å². The smallest absolute Gasteiger partial charge is 0.251 e. The summed E-state index contributed by atoms with van der Waals surface area (Å²) in [5.74, 6) is 1.70. The molecular formula is C28H33N5O2S. The van der Waals surface area contributed by atoms with Gasteiger partial charge in [-0.05, 0) is 44.0 Å². The van der Waals surface area contributed by atoms with Gasteiger partial charge in [-0.1, -0.05) is 54.2 Å². The second kappa shape index (κ2) is 11.6. The summed E-state index contributed by atoms with van der Waals surface area (Å²) in [4.78, 5) is 38.0. The molecule has 1 saturated heterocycles. The highest BCUT2D eigenvalue weighted by Crippen LogP contribution is 2.27. The van der Waals surface area contributed by atoms with Crippen LogP contribution < -0.4 is 10.2 Å². The van der Waals surface area contributed by atoms with Crippen LogP contribution in [0.5, 0.6) is 0 Å². The molecule has 36 heavy (non-hydrogen) atoms. The van der Waals surface area contributed by atoms with E-state index in [1.54, 1.807) is 18.7 Å². The van der Waals surface area contributed by atoms with Crippen LogP contribution in [-0.2, 0) is 10.5 Å². The van der Waals surface area contributed by atoms with Gasteiger partial charge in [0.15, 0.2) is 5.16 Å². The topological polar surface area (TPSA) is 78.4 Å². The van der Waals surface area contributed by atoms with E-state index >= 15 is 0 Å². The Labute approximate surface area is 217 Å². The van der Waals surface area contributed by atoms with Crippen molar-refractivity contribution < 1.29 is 9.59 Å². The predicted octanol–water partition coefficient (Wildman–Crippen LogP) is 4.55. The number of thioether (sulfide) groups is 1. The zero-order valence-electron chi connectivity index (χ0n) is 21.3. The molecular weight excluding hydrogens is 470 g/mol. The minimum Gasteiger partial charge on any atom is -0.353 e. The molecule has 0 aliphatic carbocycles. The Hall–Kier alpha value is -3.39. The van der Waals surface area contributed by atoms with E-state index in [1.165, 1.54) is 0 Å². The fourth-order valence-corrected chi connectivity index (χ4v) is 5.04. The van der Waals surface area contributed by atoms with Crippen molar-refractivity contribution >= 4 is 29.4 Å². The number of rotatable bonds is 7. The van der Waals surface area contributed by atoms with Gasteiger partial charge in [0.2, 0.25) is 5.91 Å². The fraction of sp³-hybridized carbons (Fsp3) is 0.357. The number of nitrogens with one attached hydrogen (secondary N) is 1. The Kier molecular flexibility index (Phi) is 8.25. The first-order valence-corrected chi connectivity index (χ1v) is 13.2. The molecule has 0 bridgehead atoms. The number of carbonyl (C=O) groups excluding carboxylic acids is 2. The Bertz CT molecular complexity index is 1210. The Balaban J connectivity index is 1.36. The number of anilines is 1. The maximum atomic E-state index is 12.7. The summed E-state index contributed by atoms with van der Waals surface area (Å²) in [6, 6.07) is 17.6. The van der Waals surface area contributed by atoms with Crippen LogP contribution in [-0.4, -0.2) is 52.9 Å². The van der Waals surface area contributed by atoms with Crippen LogP contribution in [0, 0.1) is 13.8 Å². The first kappa shape index (κ1) is 25.7. The number of benzene rings is 2. The van der Waals surface area contributed by atoms with Gasteiger partial charge < -0.3 is 15.1 Å². The highest BCUT2D eigenvalue weighted by Gasteiger charge is 2.22. The first-order chi connectivity index (χ1) is 17.3. The van der Waals surface area contributed by atoms with Crippen molar-refractivity contribution in [2.24, 2.45) is 0 Å². The van der Waals surface area contributed by atoms with Gasteiger partial charge in [0, 0.05) is 55.7 Å². The van der Waals surface area contributed by atoms with Crippen LogP contribution >= 0.6 is 11.8 Å². The largest absolute Gasteiger partial charge is 0.353 e. The van der Waals surface area contributed by atoms with E-state index in [9.17, 15) is 9.59 Å². The molecule has 2 heterocycles. The van der Waals surface area contributed by atoms with Crippen molar-refractivity contribution in [3.8, 4) is 0 Å². The lowest BCUT2D eigenvalue weighted by molar-refractivity contribution is -0.129. The van der Waals surface area contributed by atoms with Crippen molar-refractivity contribution in [3.63, 3.8) is 0 Å². The zero-order valence-corrected chi connectivity index (χ0v) is 22.1. The van der Waals surface area contributed by atoms with Crippen molar-refractivity contribution in [1.29, 1.82) is 0 Å². The second-order valence-electron chi connectivity index (χ2n) is 9.12. The molecule has 1 fully saturated rings. The molecule has 0 saturated carbocycles. The van der Waals surface area contributed by atoms with Gasteiger partial charge in [0.05, 0.1) is 6.04 Å². The molecule has 1 N–H and O–H groups in total. The van der Waals surface area contributed by atoms with Gasteiger partial charge >= 0.3 is 0 Å². The minimum atomic E-state index is -0.0856. The highest BCUT2D eigenvalue weighted by molar-refractivity contribution is 7.98. The maximum Gasteiger partial charge on any atom is 0.251 e. The van der Waals surface area contributed by atoms with Gasteiger partial charge in [0.25, 0.3) is 5.91 Å². The Morgan fingerprint density at radius 3 is 2.28 bits per heavy atom. The van der Waals surface area contributed by atoms with Gasteiger partial charge in [-0.15, -0.1) is 0 Å². The number of nitrogens with zero attached hydrogens (tertiary/aromatic N) is 4. The number of amides is 2. The number of piperazine rings is 1. The predicted molar refractivity (Wildman–Crippen MR) is 144 cm³/mol. The summed E-state index contributed by atoms with van der Waals surface area (Å²) < 4.78 is 0. The van der Waals surface area contributed by atoms with Crippen LogP contribution in [0.2, 0.25) is 0 Å². The molecule has 8 heteroatoms. The number of aryl methyl sites for hydroxylation is 1. The Morgan fingerprint density at radius 2 is 1.64 bits per heavy atom. The average Bonchev–Trinajstić information content (AvgIpc) is 2.90. The fourth-order valence-electron chi connectivity index (χ4n) is 4.20. The van der Waals surface area contributed by atoms with Crippen LogP contribution in [0.4, 0.5) is 5.82 Å². The molecule has 1 aliphatic heterocycles. The highest BCUT2D eigenvalue weighted by atomic mass is 32.2. The number of hydrogen-bond acceptors (Lipinski definition) is 6. The van der Waals surface area contributed by atoms with Crippen molar-refractivity contribution in [2.75, 3.05) is 31.1 Å². The third-order valence-electron chi connectivity index (χ3n) is 6.60. The van der Waals surface area contributed by atoms with Crippen molar-refractivity contribution in [1.82, 2.24) is 20.2 Å². The van der Waals surface area contributed by atoms with Crippen LogP contribution in [0.3, 0.4) is 0 Å². The molecule has 7 nitrogen and oxygen atoms in total. The van der Waals surface area contributed by atoms with E-state index < -0.39 is 0 Å². The summed E-state index contributed by atoms with van der Waals surface area (Å²) >= 11 is 1.59. The zero-order chi connectivity index (χ0) is 25.7. The van der Waals surface area contributed by atoms with E-state index in [4.69, 9.17) is 9.97 Å². The summed E-state index contributed by atoms with van der Waals surface area (Å²) in [6.45, 7) is 10.6. The number of aromatic nitrogens is 2. The van der Waals surface area contributed by atoms with Gasteiger partial charge in [0.1, 0.15) is 5.82 Å². The summed E-state index contributed by atoms with van der Waals surface area (Å²) in [7, 11) is 0. The number of carbonyl (C=O) groups is 2. The normalized spacial score (nSPS) is 14.4. The van der Waals surface area contributed by atoms with Gasteiger partial charge in [-0.25, -0.2) is 9.97 Å². The third-order valence-corrected chi connectivity index (χ3v) is 7.52. The molecule has 0 spiro atoms. The molecule has 3 aromatic rings. The maximum absolute atomic E-state index is 12.7. The summed E-state index contributed by atoms with van der Waals surface area (Å²) in [5, 5.41) is 3.79. The molecule has 1 aromatic heterocycles. The minimum absolute atomic E-state index is 0.0597. The Morgan fingerprint density at radius 1 is 0.972 bits per heavy atom. The quantitative estimate of drug-likeness (QED) is 0.377. The standard InChI is InChI=1S/C28H33N5O2S/c1-19-20(2)30-28(31-26(19)33-16-14-32(15-17-33)22(4)34)36-18-23-10-12-25(13-11-23)27(35)29-21(3)24-8-6-5-7-9-24/h5-13,21H,14-18H2,1-4H3,(H,29,35). The lowest BCUT2D eigenvalue weighted by atomic mass is 10.1. The third kappa shape index (κ3) is 6.23. The molecule has 4 rings (SSSR count). The molecule has 188 valence electrons. The lowest BCUT2D eigenvalue weighted by Gasteiger charge is -2.35. The summed E-state index contributed by atoms with van der Waals surface area (Å²) in [6.07, 6.45) is 0. The van der Waals surface area contributed by atoms with Gasteiger partial charge in [-0.2, -0.15) is 0 Å². The lowest BCUT2D eigenvalue weighted by Crippen LogP contribution is -2.48. The molecule has 1 atom stereocenters.